The van der Waals surface area contributed by atoms with Crippen LogP contribution in [0.4, 0.5) is 0 Å². The molecule has 0 atom stereocenters. The van der Waals surface area contributed by atoms with Crippen molar-refractivity contribution in [3.05, 3.63) is 251 Å². The van der Waals surface area contributed by atoms with E-state index < -0.39 is 0 Å². The molecule has 0 unspecified atom stereocenters. The summed E-state index contributed by atoms with van der Waals surface area (Å²) in [5.74, 6) is 0. The molecule has 0 aromatic heterocycles. The van der Waals surface area contributed by atoms with Gasteiger partial charge in [0.15, 0.2) is 0 Å². The van der Waals surface area contributed by atoms with Gasteiger partial charge < -0.3 is 122 Å². The van der Waals surface area contributed by atoms with Crippen molar-refractivity contribution in [3.63, 3.8) is 0 Å². The van der Waals surface area contributed by atoms with Crippen LogP contribution < -0.4 is 0 Å². The topological polar surface area (TPSA) is 0 Å². The first-order valence-electron chi connectivity index (χ1n) is 42.9. The Balaban J connectivity index is -0.000000141. The fourth-order valence-corrected chi connectivity index (χ4v) is 9.95. The van der Waals surface area contributed by atoms with E-state index in [1.165, 1.54) is 39.0 Å². The maximum absolute atomic E-state index is 5.94. The Bertz CT molecular complexity index is 3450. The summed E-state index contributed by atoms with van der Waals surface area (Å²) in [6.07, 6.45) is 31.5. The van der Waals surface area contributed by atoms with Crippen LogP contribution >= 0.6 is 0 Å². The number of hydrogen-bond acceptors (Lipinski definition) is 0. The third kappa shape index (κ3) is 69.1. The van der Waals surface area contributed by atoms with Crippen molar-refractivity contribution < 1.29 is 105 Å². The van der Waals surface area contributed by atoms with Crippen LogP contribution in [0.5, 0.6) is 0 Å². The Morgan fingerprint density at radius 1 is 0.283 bits per heavy atom. The quantitative estimate of drug-likeness (QED) is 0.176. The van der Waals surface area contributed by atoms with Gasteiger partial charge in [-0.25, -0.2) is 0 Å². The molecule has 3 aromatic carbocycles. The zero-order valence-corrected chi connectivity index (χ0v) is 103. The van der Waals surface area contributed by atoms with E-state index in [-0.39, 0.29) is 192 Å². The summed E-state index contributed by atoms with van der Waals surface area (Å²) in [5, 5.41) is 0. The number of benzene rings is 3. The molecule has 0 heterocycles. The van der Waals surface area contributed by atoms with E-state index in [2.05, 4.69) is 489 Å². The second kappa shape index (κ2) is 54.5. The fraction of sp³-hybridized carbons (Fsp3) is 0.635. The van der Waals surface area contributed by atoms with Gasteiger partial charge in [0.2, 0.25) is 0 Å². The molecule has 0 amide bonds. The van der Waals surface area contributed by atoms with Gasteiger partial charge in [0.05, 0.1) is 0 Å². The summed E-state index contributed by atoms with van der Waals surface area (Å²) >= 11 is 0. The Morgan fingerprint density at radius 3 is 0.708 bits per heavy atom. The number of allylic oxidation sites excluding steroid dienone is 19. The van der Waals surface area contributed by atoms with Gasteiger partial charge in [0.25, 0.3) is 0 Å². The molecular formula is C115H188W5. The summed E-state index contributed by atoms with van der Waals surface area (Å²) in [6, 6.07) is 26.7. The Kier molecular flexibility index (Phi) is 62.8. The molecule has 0 radical (unpaired) electrons. The second-order valence-corrected chi connectivity index (χ2v) is 50.3. The van der Waals surface area contributed by atoms with Gasteiger partial charge in [-0.1, -0.05) is 464 Å². The maximum Gasteiger partial charge on any atom is 2.00 e. The van der Waals surface area contributed by atoms with Crippen LogP contribution in [-0.2, 0) is 138 Å². The predicted octanol–water partition coefficient (Wildman–Crippen LogP) is 36.2. The molecule has 0 N–H and O–H groups in total. The molecule has 0 nitrogen and oxygen atoms in total. The molecule has 0 spiro atoms. The van der Waals surface area contributed by atoms with Crippen molar-refractivity contribution in [1.29, 1.82) is 0 Å². The van der Waals surface area contributed by atoms with Crippen molar-refractivity contribution in [2.45, 2.75) is 413 Å². The third-order valence-corrected chi connectivity index (χ3v) is 18.0. The average molecular weight is 2490 g/mol. The molecule has 678 valence electrons. The van der Waals surface area contributed by atoms with E-state index >= 15 is 0 Å². The Morgan fingerprint density at radius 2 is 0.550 bits per heavy atom. The monoisotopic (exact) mass is 2490 g/mol. The standard InChI is InChI=1S/3C14H22.C13H22.5C12H20.5W/c1-13(2,3)11-7-9-12(10-8-11)14(4,5)6;1-13(2,3)11-8-7-9-12(10-11)14(4,5)6;1-13(2,3)11-9-7-8-10-12(11)14(4,5)6;1-12(2,3)10-7-8-11(9-10)13(4,5)6;1-10(12(5,6)7)8-9-11(2,3)4;1-9(11(3,4)5)10(2)12(6,7)8;1-11(2,3)9-7-8-10-12(4,5)6;2*1-8-10(12(5,6)7)9-11(2,3)4;;;;;/h3*7-10H,1-6H3;7,9H,8H2,1-6H3;1,8H,2-7H3;1-2H,3-8H3;7-8H,1-6H3;2*1,8H,2-7H3;;;;;/q;;;;5*-2;5*+2. The Hall–Kier alpha value is -2.02. The van der Waals surface area contributed by atoms with Crippen LogP contribution in [0, 0.1) is 128 Å². The molecule has 5 heteroatoms. The van der Waals surface area contributed by atoms with Crippen molar-refractivity contribution >= 4 is 0 Å². The SMILES string of the molecule is CC(C)(C)C1=CCC(C(C)(C)C)=C1.CC(C)(C)[C-]=CC=[C-]C(C)(C)C.CC(C)(C)c1ccc(C(C)(C)C)cc1.CC(C)(C)c1cccc(C(C)(C)C)c1.CC(C)(C)c1ccccc1C(C)(C)C.[CH-]=C(C(=[CH-])C(C)(C)C)C(C)(C)C.[CH-]=C(C=[C-]C(C)(C)C)C(C)(C)C.[CH-]=CC(=[C-]C(C)(C)C)C(C)(C)C.[CH-]=CC(=[C-]C(C)(C)C)C(C)(C)C.[W+2].[W+2].[W+2].[W+2].[W+2]. The van der Waals surface area contributed by atoms with E-state index in [0.717, 1.165) is 34.3 Å². The van der Waals surface area contributed by atoms with Gasteiger partial charge in [0.1, 0.15) is 0 Å². The van der Waals surface area contributed by atoms with Crippen LogP contribution in [0.3, 0.4) is 0 Å². The number of hydrogen-bond donors (Lipinski definition) is 0. The molecule has 0 saturated heterocycles. The molecule has 0 fully saturated rings. The van der Waals surface area contributed by atoms with Gasteiger partial charge in [-0.05, 0) is 88.7 Å². The Labute approximate surface area is 826 Å². The molecule has 1 aliphatic carbocycles. The van der Waals surface area contributed by atoms with E-state index in [0.29, 0.717) is 10.8 Å². The van der Waals surface area contributed by atoms with Gasteiger partial charge in [-0.15, -0.1) is 54.1 Å². The first-order chi connectivity index (χ1) is 50.1. The minimum absolute atomic E-state index is 0. The first-order valence-corrected chi connectivity index (χ1v) is 42.9. The first kappa shape index (κ1) is 138. The van der Waals surface area contributed by atoms with Crippen LogP contribution in [0.15, 0.2) is 154 Å². The molecule has 0 aliphatic heterocycles. The van der Waals surface area contributed by atoms with Crippen molar-refractivity contribution in [2.24, 2.45) is 65.0 Å². The normalized spacial score (nSPS) is 13.7. The molecule has 3 aromatic rings. The zero-order valence-electron chi connectivity index (χ0n) is 88.6. The van der Waals surface area contributed by atoms with Crippen LogP contribution in [-0.4, -0.2) is 0 Å². The average Bonchev–Trinajstić information content (AvgIpc) is 0.981. The fourth-order valence-electron chi connectivity index (χ4n) is 9.95. The van der Waals surface area contributed by atoms with E-state index in [9.17, 15) is 0 Å². The van der Waals surface area contributed by atoms with Gasteiger partial charge in [-0.2, -0.15) is 0 Å². The van der Waals surface area contributed by atoms with E-state index in [4.69, 9.17) is 32.9 Å². The molecular weight excluding hydrogens is 2300 g/mol. The maximum atomic E-state index is 5.94. The molecule has 4 rings (SSSR count). The van der Waals surface area contributed by atoms with Gasteiger partial charge in [-0.3, -0.25) is 0 Å². The number of rotatable bonds is 5. The smallest absolute Gasteiger partial charge is 0.394 e. The van der Waals surface area contributed by atoms with E-state index in [1.54, 1.807) is 17.7 Å². The summed E-state index contributed by atoms with van der Waals surface area (Å²) in [5.41, 5.74) is 19.2. The van der Waals surface area contributed by atoms with Gasteiger partial charge >= 0.3 is 105 Å². The van der Waals surface area contributed by atoms with Crippen LogP contribution in [0.25, 0.3) is 0 Å². The minimum Gasteiger partial charge on any atom is -0.394 e. The zero-order chi connectivity index (χ0) is 93.2. The minimum atomic E-state index is -0.0304. The molecule has 120 heavy (non-hydrogen) atoms. The second-order valence-electron chi connectivity index (χ2n) is 50.3. The third-order valence-electron chi connectivity index (χ3n) is 18.0. The van der Waals surface area contributed by atoms with Crippen molar-refractivity contribution in [2.75, 3.05) is 0 Å². The summed E-state index contributed by atoms with van der Waals surface area (Å²) in [4.78, 5) is 0. The van der Waals surface area contributed by atoms with E-state index in [1.807, 2.05) is 18.2 Å². The molecule has 0 saturated carbocycles. The van der Waals surface area contributed by atoms with Crippen molar-refractivity contribution in [3.8, 4) is 0 Å². The van der Waals surface area contributed by atoms with Crippen LogP contribution in [0.1, 0.15) is 414 Å². The predicted molar refractivity (Wildman–Crippen MR) is 524 cm³/mol. The van der Waals surface area contributed by atoms with Crippen molar-refractivity contribution in [1.82, 2.24) is 0 Å². The van der Waals surface area contributed by atoms with Gasteiger partial charge in [0, 0.05) is 0 Å². The molecule has 1 aliphatic rings. The van der Waals surface area contributed by atoms with Crippen LogP contribution in [0.2, 0.25) is 0 Å². The summed E-state index contributed by atoms with van der Waals surface area (Å²) in [6.45, 7) is 147. The molecule has 0 bridgehead atoms. The largest absolute Gasteiger partial charge is 2.00 e. The summed E-state index contributed by atoms with van der Waals surface area (Å²) < 4.78 is 0. The summed E-state index contributed by atoms with van der Waals surface area (Å²) in [7, 11) is 0.